The number of rotatable bonds is 7. The van der Waals surface area contributed by atoms with Gasteiger partial charge >= 0.3 is 0 Å². The molecule has 0 amide bonds. The van der Waals surface area contributed by atoms with Crippen molar-refractivity contribution in [2.75, 3.05) is 14.2 Å². The lowest BCUT2D eigenvalue weighted by atomic mass is 9.95. The molecule has 3 aromatic rings. The van der Waals surface area contributed by atoms with E-state index in [0.717, 1.165) is 40.7 Å². The lowest BCUT2D eigenvalue weighted by Gasteiger charge is -2.25. The number of halogens is 2. The quantitative estimate of drug-likeness (QED) is 0.340. The van der Waals surface area contributed by atoms with Gasteiger partial charge in [-0.15, -0.1) is 10.2 Å². The molecule has 0 aliphatic heterocycles. The third kappa shape index (κ3) is 4.97. The number of methoxy groups -OCH3 is 2. The Balaban J connectivity index is 1.67. The Morgan fingerprint density at radius 3 is 2.42 bits per heavy atom. The molecule has 0 N–H and O–H groups in total. The van der Waals surface area contributed by atoms with Gasteiger partial charge in [0.05, 0.1) is 24.3 Å². The molecule has 1 aromatic heterocycles. The second kappa shape index (κ2) is 10.2. The van der Waals surface area contributed by atoms with Gasteiger partial charge in [0.1, 0.15) is 0 Å². The van der Waals surface area contributed by atoms with Crippen molar-refractivity contribution in [3.8, 4) is 22.9 Å². The minimum atomic E-state index is 0.392. The summed E-state index contributed by atoms with van der Waals surface area (Å²) in [6.07, 6.45) is 6.02. The van der Waals surface area contributed by atoms with Crippen molar-refractivity contribution in [2.24, 2.45) is 0 Å². The maximum atomic E-state index is 6.19. The molecule has 0 spiro atoms. The summed E-state index contributed by atoms with van der Waals surface area (Å²) >= 11 is 13.9. The molecule has 1 aliphatic carbocycles. The molecule has 0 saturated heterocycles. The molecule has 4 rings (SSSR count). The molecule has 0 radical (unpaired) electrons. The van der Waals surface area contributed by atoms with E-state index in [2.05, 4.69) is 14.8 Å². The molecule has 1 heterocycles. The van der Waals surface area contributed by atoms with Crippen molar-refractivity contribution < 1.29 is 9.47 Å². The summed E-state index contributed by atoms with van der Waals surface area (Å²) < 4.78 is 13.2. The van der Waals surface area contributed by atoms with Crippen molar-refractivity contribution in [1.29, 1.82) is 0 Å². The van der Waals surface area contributed by atoms with Crippen molar-refractivity contribution in [3.63, 3.8) is 0 Å². The van der Waals surface area contributed by atoms with Crippen LogP contribution >= 0.6 is 35.0 Å². The van der Waals surface area contributed by atoms with Crippen LogP contribution in [0.4, 0.5) is 0 Å². The zero-order valence-electron chi connectivity index (χ0n) is 17.6. The molecule has 5 nitrogen and oxygen atoms in total. The van der Waals surface area contributed by atoms with Gasteiger partial charge in [-0.25, -0.2) is 0 Å². The highest BCUT2D eigenvalue weighted by molar-refractivity contribution is 7.98. The van der Waals surface area contributed by atoms with Crippen molar-refractivity contribution in [2.45, 2.75) is 49.1 Å². The summed E-state index contributed by atoms with van der Waals surface area (Å²) in [4.78, 5) is 0. The Labute approximate surface area is 197 Å². The van der Waals surface area contributed by atoms with Gasteiger partial charge in [0.25, 0.3) is 0 Å². The van der Waals surface area contributed by atoms with E-state index in [1.165, 1.54) is 19.3 Å². The Morgan fingerprint density at radius 2 is 1.71 bits per heavy atom. The SMILES string of the molecule is COc1ccc(-c2nnc(SCc3ccc(Cl)c(Cl)c3)n2C2CCCCC2)cc1OC. The number of thioether (sulfide) groups is 1. The molecule has 1 fully saturated rings. The molecule has 1 aliphatic rings. The van der Waals surface area contributed by atoms with Gasteiger partial charge in [-0.2, -0.15) is 0 Å². The number of hydrogen-bond acceptors (Lipinski definition) is 5. The van der Waals surface area contributed by atoms with Gasteiger partial charge in [-0.1, -0.05) is 60.3 Å². The molecule has 8 heteroatoms. The van der Waals surface area contributed by atoms with Crippen LogP contribution in [0.15, 0.2) is 41.6 Å². The molecular formula is C23H25Cl2N3O2S. The van der Waals surface area contributed by atoms with Crippen LogP contribution in [-0.4, -0.2) is 29.0 Å². The standard InChI is InChI=1S/C23H25Cl2N3O2S/c1-29-20-11-9-16(13-21(20)30-2)22-26-27-23(28(22)17-6-4-3-5-7-17)31-14-15-8-10-18(24)19(25)12-15/h8-13,17H,3-7,14H2,1-2H3. The first-order valence-corrected chi connectivity index (χ1v) is 12.1. The van der Waals surface area contributed by atoms with E-state index in [1.807, 2.05) is 36.4 Å². The second-order valence-electron chi connectivity index (χ2n) is 7.57. The average Bonchev–Trinajstić information content (AvgIpc) is 3.24. The molecule has 0 atom stereocenters. The van der Waals surface area contributed by atoms with Crippen molar-refractivity contribution >= 4 is 35.0 Å². The van der Waals surface area contributed by atoms with E-state index in [9.17, 15) is 0 Å². The first kappa shape index (κ1) is 22.3. The predicted octanol–water partition coefficient (Wildman–Crippen LogP) is 7.07. The minimum absolute atomic E-state index is 0.392. The summed E-state index contributed by atoms with van der Waals surface area (Å²) in [7, 11) is 3.28. The van der Waals surface area contributed by atoms with Crippen molar-refractivity contribution in [3.05, 3.63) is 52.0 Å². The third-order valence-corrected chi connectivity index (χ3v) is 7.35. The number of nitrogens with zero attached hydrogens (tertiary/aromatic N) is 3. The van der Waals surface area contributed by atoms with Crippen LogP contribution in [0.1, 0.15) is 43.7 Å². The topological polar surface area (TPSA) is 49.2 Å². The van der Waals surface area contributed by atoms with Crippen LogP contribution in [0.2, 0.25) is 10.0 Å². The van der Waals surface area contributed by atoms with Crippen LogP contribution in [0.5, 0.6) is 11.5 Å². The number of ether oxygens (including phenoxy) is 2. The normalized spacial score (nSPS) is 14.6. The van der Waals surface area contributed by atoms with Crippen LogP contribution in [0.3, 0.4) is 0 Å². The first-order chi connectivity index (χ1) is 15.1. The van der Waals surface area contributed by atoms with Crippen molar-refractivity contribution in [1.82, 2.24) is 14.8 Å². The van der Waals surface area contributed by atoms with Gasteiger partial charge in [0.2, 0.25) is 0 Å². The molecule has 0 bridgehead atoms. The maximum Gasteiger partial charge on any atom is 0.192 e. The maximum absolute atomic E-state index is 6.19. The lowest BCUT2D eigenvalue weighted by Crippen LogP contribution is -2.15. The van der Waals surface area contributed by atoms with Gasteiger partial charge in [0, 0.05) is 17.4 Å². The largest absolute Gasteiger partial charge is 0.493 e. The van der Waals surface area contributed by atoms with Gasteiger partial charge in [-0.3, -0.25) is 4.57 Å². The Hall–Kier alpha value is -1.89. The lowest BCUT2D eigenvalue weighted by molar-refractivity contribution is 0.339. The summed E-state index contributed by atoms with van der Waals surface area (Å²) in [5.41, 5.74) is 2.07. The fraction of sp³-hybridized carbons (Fsp3) is 0.391. The molecule has 2 aromatic carbocycles. The van der Waals surface area contributed by atoms with E-state index >= 15 is 0 Å². The van der Waals surface area contributed by atoms with Crippen LogP contribution in [0, 0.1) is 0 Å². The zero-order valence-corrected chi connectivity index (χ0v) is 19.9. The minimum Gasteiger partial charge on any atom is -0.493 e. The summed E-state index contributed by atoms with van der Waals surface area (Å²) in [5, 5.41) is 11.2. The number of benzene rings is 2. The van der Waals surface area contributed by atoms with E-state index in [0.29, 0.717) is 27.6 Å². The van der Waals surface area contributed by atoms with E-state index in [-0.39, 0.29) is 0 Å². The Bertz CT molecular complexity index is 1050. The molecule has 164 valence electrons. The zero-order chi connectivity index (χ0) is 21.8. The van der Waals surface area contributed by atoms with Crippen LogP contribution in [-0.2, 0) is 5.75 Å². The van der Waals surface area contributed by atoms with Crippen LogP contribution in [0.25, 0.3) is 11.4 Å². The molecule has 1 saturated carbocycles. The molecular weight excluding hydrogens is 453 g/mol. The Kier molecular flexibility index (Phi) is 7.31. The highest BCUT2D eigenvalue weighted by Crippen LogP contribution is 2.38. The first-order valence-electron chi connectivity index (χ1n) is 10.3. The fourth-order valence-corrected chi connectivity index (χ4v) is 5.26. The fourth-order valence-electron chi connectivity index (χ4n) is 3.99. The monoisotopic (exact) mass is 477 g/mol. The van der Waals surface area contributed by atoms with E-state index in [1.54, 1.807) is 26.0 Å². The van der Waals surface area contributed by atoms with E-state index in [4.69, 9.17) is 32.7 Å². The smallest absolute Gasteiger partial charge is 0.192 e. The molecule has 31 heavy (non-hydrogen) atoms. The summed E-state index contributed by atoms with van der Waals surface area (Å²) in [6.45, 7) is 0. The highest BCUT2D eigenvalue weighted by atomic mass is 35.5. The predicted molar refractivity (Wildman–Crippen MR) is 127 cm³/mol. The summed E-state index contributed by atoms with van der Waals surface area (Å²) in [6, 6.07) is 12.0. The van der Waals surface area contributed by atoms with Gasteiger partial charge in [0.15, 0.2) is 22.5 Å². The molecule has 0 unspecified atom stereocenters. The average molecular weight is 478 g/mol. The number of hydrogen-bond donors (Lipinski definition) is 0. The van der Waals surface area contributed by atoms with Gasteiger partial charge in [-0.05, 0) is 48.7 Å². The van der Waals surface area contributed by atoms with Crippen LogP contribution < -0.4 is 9.47 Å². The van der Waals surface area contributed by atoms with E-state index < -0.39 is 0 Å². The highest BCUT2D eigenvalue weighted by Gasteiger charge is 2.24. The summed E-state index contributed by atoms with van der Waals surface area (Å²) in [5.74, 6) is 2.99. The van der Waals surface area contributed by atoms with Gasteiger partial charge < -0.3 is 9.47 Å². The second-order valence-corrected chi connectivity index (χ2v) is 9.33. The third-order valence-electron chi connectivity index (χ3n) is 5.60. The Morgan fingerprint density at radius 1 is 0.935 bits per heavy atom. The number of aromatic nitrogens is 3.